The summed E-state index contributed by atoms with van der Waals surface area (Å²) in [6.45, 7) is 0. The summed E-state index contributed by atoms with van der Waals surface area (Å²) in [5.41, 5.74) is 3.67. The average Bonchev–Trinajstić information content (AvgIpc) is 2.30. The number of phenolic OH excluding ortho intramolecular Hbond substituents is 1. The molecular weight excluding hydrogens is 300 g/mol. The fourth-order valence-electron chi connectivity index (χ4n) is 0.765. The van der Waals surface area contributed by atoms with Gasteiger partial charge in [0.2, 0.25) is 5.82 Å². The molecule has 4 N–H and O–H groups in total. The van der Waals surface area contributed by atoms with E-state index >= 15 is 0 Å². The molecule has 5 nitrogen and oxygen atoms in total. The maximum atomic E-state index is 12.7. The molecule has 1 aromatic carbocycles. The van der Waals surface area contributed by atoms with Gasteiger partial charge in [-0.25, -0.2) is 13.6 Å². The maximum absolute atomic E-state index is 12.7. The summed E-state index contributed by atoms with van der Waals surface area (Å²) < 4.78 is 69.5. The second kappa shape index (κ2) is 6.12. The molecule has 1 rings (SSSR count). The van der Waals surface area contributed by atoms with Gasteiger partial charge in [0.05, 0.1) is 5.56 Å². The number of primary amides is 1. The van der Waals surface area contributed by atoms with E-state index in [1.807, 2.05) is 0 Å². The zero-order valence-electron chi connectivity index (χ0n) is 9.13. The fourth-order valence-corrected chi connectivity index (χ4v) is 0.765. The number of carbonyl (C=O) groups is 2. The van der Waals surface area contributed by atoms with E-state index in [1.165, 1.54) is 0 Å². The highest BCUT2D eigenvalue weighted by molar-refractivity contribution is 5.93. The third kappa shape index (κ3) is 4.33. The summed E-state index contributed by atoms with van der Waals surface area (Å²) >= 11 is 0. The van der Waals surface area contributed by atoms with Crippen molar-refractivity contribution in [2.45, 2.75) is 6.18 Å². The van der Waals surface area contributed by atoms with Crippen molar-refractivity contribution in [3.63, 3.8) is 0 Å². The molecule has 0 heterocycles. The quantitative estimate of drug-likeness (QED) is 0.541. The number of rotatable bonds is 1. The first-order chi connectivity index (χ1) is 8.89. The van der Waals surface area contributed by atoms with Gasteiger partial charge in [-0.1, -0.05) is 0 Å². The molecule has 0 aromatic heterocycles. The first kappa shape index (κ1) is 17.5. The molecule has 20 heavy (non-hydrogen) atoms. The van der Waals surface area contributed by atoms with Gasteiger partial charge in [0, 0.05) is 0 Å². The Morgan fingerprint density at radius 1 is 1.10 bits per heavy atom. The molecule has 0 spiro atoms. The highest BCUT2D eigenvalue weighted by atomic mass is 19.4. The van der Waals surface area contributed by atoms with Gasteiger partial charge in [-0.3, -0.25) is 4.79 Å². The zero-order chi connectivity index (χ0) is 16.2. The monoisotopic (exact) mass is 305 g/mol. The van der Waals surface area contributed by atoms with Crippen molar-refractivity contribution in [3.8, 4) is 5.75 Å². The van der Waals surface area contributed by atoms with Gasteiger partial charge in [-0.15, -0.1) is 0 Å². The van der Waals surface area contributed by atoms with Crippen LogP contribution in [0.1, 0.15) is 10.4 Å². The number of carboxylic acid groups (broad SMARTS) is 1. The van der Waals surface area contributed by atoms with E-state index < -0.39 is 46.8 Å². The number of phenols is 1. The van der Waals surface area contributed by atoms with Gasteiger partial charge in [0.1, 0.15) is 0 Å². The lowest BCUT2D eigenvalue weighted by Crippen LogP contribution is -2.21. The van der Waals surface area contributed by atoms with Gasteiger partial charge in [-0.2, -0.15) is 17.6 Å². The number of nitrogens with two attached hydrogens (primary N) is 1. The second-order valence-corrected chi connectivity index (χ2v) is 3.05. The Bertz CT molecular complexity index is 542. The molecule has 0 saturated carbocycles. The van der Waals surface area contributed by atoms with Crippen molar-refractivity contribution in [1.82, 2.24) is 0 Å². The Hall–Kier alpha value is -2.46. The van der Waals surface area contributed by atoms with Crippen LogP contribution in [0.2, 0.25) is 0 Å². The van der Waals surface area contributed by atoms with Crippen LogP contribution in [-0.2, 0) is 4.79 Å². The summed E-state index contributed by atoms with van der Waals surface area (Å²) in [7, 11) is 0. The van der Waals surface area contributed by atoms with E-state index in [4.69, 9.17) is 15.0 Å². The van der Waals surface area contributed by atoms with Gasteiger partial charge in [-0.05, 0) is 6.07 Å². The molecule has 0 fully saturated rings. The minimum absolute atomic E-state index is 0.329. The van der Waals surface area contributed by atoms with Gasteiger partial charge in [0.15, 0.2) is 17.4 Å². The Balaban J connectivity index is 0.000000441. The normalized spacial score (nSPS) is 10.5. The van der Waals surface area contributed by atoms with E-state index in [0.717, 1.165) is 0 Å². The van der Waals surface area contributed by atoms with Crippen LogP contribution in [0.25, 0.3) is 0 Å². The van der Waals surface area contributed by atoms with Crippen LogP contribution >= 0.6 is 0 Å². The predicted octanol–water partition coefficient (Wildman–Crippen LogP) is 1.54. The molecule has 0 aliphatic rings. The van der Waals surface area contributed by atoms with Crippen LogP contribution in [0.5, 0.6) is 5.75 Å². The van der Waals surface area contributed by atoms with E-state index in [0.29, 0.717) is 6.07 Å². The Morgan fingerprint density at radius 2 is 1.50 bits per heavy atom. The highest BCUT2D eigenvalue weighted by Gasteiger charge is 2.38. The Kier molecular flexibility index (Phi) is 5.37. The van der Waals surface area contributed by atoms with Crippen molar-refractivity contribution in [3.05, 3.63) is 29.1 Å². The molecule has 0 bridgehead atoms. The number of aromatic hydroxyl groups is 1. The van der Waals surface area contributed by atoms with E-state index in [1.54, 1.807) is 0 Å². The third-order valence-corrected chi connectivity index (χ3v) is 1.64. The number of hydrogen-bond donors (Lipinski definition) is 3. The van der Waals surface area contributed by atoms with Crippen molar-refractivity contribution in [2.75, 3.05) is 0 Å². The molecular formula is C9H5F6NO4. The second-order valence-electron chi connectivity index (χ2n) is 3.05. The molecule has 0 aliphatic carbocycles. The number of carbonyl (C=O) groups excluding carboxylic acids is 1. The topological polar surface area (TPSA) is 101 Å². The third-order valence-electron chi connectivity index (χ3n) is 1.64. The number of benzene rings is 1. The van der Waals surface area contributed by atoms with Crippen molar-refractivity contribution < 1.29 is 46.1 Å². The zero-order valence-corrected chi connectivity index (χ0v) is 9.13. The lowest BCUT2D eigenvalue weighted by Gasteiger charge is -2.02. The SMILES string of the molecule is NC(=O)c1cc(F)c(O)c(F)c1F.O=C(O)C(F)(F)F. The molecule has 112 valence electrons. The van der Waals surface area contributed by atoms with Crippen LogP contribution in [0.4, 0.5) is 26.3 Å². The summed E-state index contributed by atoms with van der Waals surface area (Å²) in [6.07, 6.45) is -5.08. The molecule has 1 aromatic rings. The molecule has 0 aliphatic heterocycles. The highest BCUT2D eigenvalue weighted by Crippen LogP contribution is 2.24. The van der Waals surface area contributed by atoms with Gasteiger partial charge >= 0.3 is 12.1 Å². The summed E-state index contributed by atoms with van der Waals surface area (Å²) in [4.78, 5) is 19.3. The number of hydrogen-bond acceptors (Lipinski definition) is 3. The van der Waals surface area contributed by atoms with Gasteiger partial charge in [0.25, 0.3) is 5.91 Å². The number of carboxylic acids is 1. The number of halogens is 6. The summed E-state index contributed by atoms with van der Waals surface area (Å²) in [5.74, 6) is -10.5. The average molecular weight is 305 g/mol. The Labute approximate surface area is 106 Å². The van der Waals surface area contributed by atoms with E-state index in [-0.39, 0.29) is 0 Å². The standard InChI is InChI=1S/C7H4F3NO2.C2HF3O2/c8-3-1-2(7(11)13)4(9)5(10)6(3)12;3-2(4,5)1(6)7/h1,12H,(H2,11,13);(H,6,7). The number of amides is 1. The van der Waals surface area contributed by atoms with Crippen molar-refractivity contribution in [1.29, 1.82) is 0 Å². The number of alkyl halides is 3. The summed E-state index contributed by atoms with van der Waals surface area (Å²) in [6, 6.07) is 0.329. The molecule has 1 amide bonds. The van der Waals surface area contributed by atoms with Crippen LogP contribution in [-0.4, -0.2) is 28.3 Å². The number of aliphatic carboxylic acids is 1. The predicted molar refractivity (Wildman–Crippen MR) is 50.2 cm³/mol. The minimum Gasteiger partial charge on any atom is -0.503 e. The van der Waals surface area contributed by atoms with Gasteiger partial charge < -0.3 is 15.9 Å². The largest absolute Gasteiger partial charge is 0.503 e. The lowest BCUT2D eigenvalue weighted by molar-refractivity contribution is -0.192. The molecule has 11 heteroatoms. The van der Waals surface area contributed by atoms with Crippen LogP contribution in [0.3, 0.4) is 0 Å². The minimum atomic E-state index is -5.08. The molecule has 0 unspecified atom stereocenters. The fraction of sp³-hybridized carbons (Fsp3) is 0.111. The first-order valence-corrected chi connectivity index (χ1v) is 4.36. The maximum Gasteiger partial charge on any atom is 0.490 e. The van der Waals surface area contributed by atoms with Crippen LogP contribution in [0.15, 0.2) is 6.07 Å². The van der Waals surface area contributed by atoms with E-state index in [9.17, 15) is 31.1 Å². The van der Waals surface area contributed by atoms with Crippen LogP contribution in [0, 0.1) is 17.5 Å². The van der Waals surface area contributed by atoms with Crippen LogP contribution < -0.4 is 5.73 Å². The Morgan fingerprint density at radius 3 is 1.80 bits per heavy atom. The summed E-state index contributed by atoms with van der Waals surface area (Å²) in [5, 5.41) is 15.7. The first-order valence-electron chi connectivity index (χ1n) is 4.36. The van der Waals surface area contributed by atoms with E-state index in [2.05, 4.69) is 5.73 Å². The smallest absolute Gasteiger partial charge is 0.490 e. The molecule has 0 saturated heterocycles. The lowest BCUT2D eigenvalue weighted by atomic mass is 10.2. The molecule has 0 radical (unpaired) electrons. The van der Waals surface area contributed by atoms with Crippen molar-refractivity contribution in [2.24, 2.45) is 5.73 Å². The molecule has 0 atom stereocenters. The van der Waals surface area contributed by atoms with Crippen molar-refractivity contribution >= 4 is 11.9 Å².